The second-order valence-electron chi connectivity index (χ2n) is 8.20. The molecule has 4 rings (SSSR count). The summed E-state index contributed by atoms with van der Waals surface area (Å²) >= 11 is 0. The van der Waals surface area contributed by atoms with E-state index in [1.807, 2.05) is 0 Å². The maximum atomic E-state index is 13.0. The second-order valence-corrected chi connectivity index (χ2v) is 8.20. The summed E-state index contributed by atoms with van der Waals surface area (Å²) in [6.45, 7) is 1.30. The summed E-state index contributed by atoms with van der Waals surface area (Å²) in [7, 11) is 0. The number of carbonyl (C=O) groups excluding carboxylic acids is 3. The van der Waals surface area contributed by atoms with Crippen LogP contribution in [0.4, 0.5) is 0 Å². The highest BCUT2D eigenvalue weighted by molar-refractivity contribution is 5.90. The van der Waals surface area contributed by atoms with Crippen molar-refractivity contribution in [2.75, 3.05) is 13.1 Å². The van der Waals surface area contributed by atoms with Gasteiger partial charge in [-0.2, -0.15) is 0 Å². The third kappa shape index (κ3) is 3.64. The van der Waals surface area contributed by atoms with Crippen molar-refractivity contribution < 1.29 is 14.4 Å². The Morgan fingerprint density at radius 3 is 2.56 bits per heavy atom. The van der Waals surface area contributed by atoms with Crippen LogP contribution in [0.2, 0.25) is 0 Å². The molecule has 2 heterocycles. The van der Waals surface area contributed by atoms with Crippen molar-refractivity contribution in [3.05, 3.63) is 35.4 Å². The predicted octanol–water partition coefficient (Wildman–Crippen LogP) is 2.36. The molecule has 5 nitrogen and oxygen atoms in total. The van der Waals surface area contributed by atoms with Crippen molar-refractivity contribution in [1.29, 1.82) is 0 Å². The van der Waals surface area contributed by atoms with Crippen molar-refractivity contribution >= 4 is 18.1 Å². The molecule has 144 valence electrons. The number of carbonyl (C=O) groups is 3. The van der Waals surface area contributed by atoms with E-state index in [0.29, 0.717) is 25.4 Å². The molecule has 0 aromatic heterocycles. The van der Waals surface area contributed by atoms with Gasteiger partial charge in [-0.15, -0.1) is 0 Å². The lowest BCUT2D eigenvalue weighted by molar-refractivity contribution is -0.145. The van der Waals surface area contributed by atoms with Gasteiger partial charge in [0.05, 0.1) is 6.04 Å². The quantitative estimate of drug-likeness (QED) is 0.767. The Balaban J connectivity index is 1.39. The van der Waals surface area contributed by atoms with Gasteiger partial charge in [0.15, 0.2) is 0 Å². The van der Waals surface area contributed by atoms with Gasteiger partial charge >= 0.3 is 0 Å². The molecular weight excluding hydrogens is 340 g/mol. The monoisotopic (exact) mass is 368 g/mol. The highest BCUT2D eigenvalue weighted by atomic mass is 16.2. The van der Waals surface area contributed by atoms with Crippen LogP contribution in [0.5, 0.6) is 0 Å². The molecule has 2 aliphatic heterocycles. The number of likely N-dealkylation sites (tertiary alicyclic amines) is 2. The maximum absolute atomic E-state index is 13.0. The summed E-state index contributed by atoms with van der Waals surface area (Å²) in [5.74, 6) is 0.444. The van der Waals surface area contributed by atoms with Crippen molar-refractivity contribution in [3.8, 4) is 0 Å². The standard InChI is InChI=1S/C22H28N2O3/c25-15-19-7-3-11-23(19)22(27)20-8-4-12-24(20)21(26)14-16-9-10-17-5-1-2-6-18(17)13-16/h1-2,5-6,15-16,19-20H,3-4,7-14H2/t16-,19-,20-/m0/s1. The highest BCUT2D eigenvalue weighted by Gasteiger charge is 2.40. The van der Waals surface area contributed by atoms with Crippen LogP contribution in [0.25, 0.3) is 0 Å². The van der Waals surface area contributed by atoms with E-state index in [1.165, 1.54) is 11.1 Å². The number of aryl methyl sites for hydroxylation is 1. The second kappa shape index (κ2) is 7.83. The average molecular weight is 368 g/mol. The van der Waals surface area contributed by atoms with E-state index < -0.39 is 0 Å². The minimum absolute atomic E-state index is 0.0237. The minimum atomic E-state index is -0.367. The van der Waals surface area contributed by atoms with E-state index in [-0.39, 0.29) is 23.9 Å². The number of rotatable bonds is 4. The molecule has 1 aliphatic carbocycles. The molecular formula is C22H28N2O3. The lowest BCUT2D eigenvalue weighted by Crippen LogP contribution is -2.49. The molecule has 2 amide bonds. The van der Waals surface area contributed by atoms with Crippen LogP contribution in [0.3, 0.4) is 0 Å². The van der Waals surface area contributed by atoms with E-state index in [4.69, 9.17) is 0 Å². The number of nitrogens with zero attached hydrogens (tertiary/aromatic N) is 2. The fraction of sp³-hybridized carbons (Fsp3) is 0.591. The average Bonchev–Trinajstić information content (AvgIpc) is 3.36. The smallest absolute Gasteiger partial charge is 0.245 e. The minimum Gasteiger partial charge on any atom is -0.331 e. The van der Waals surface area contributed by atoms with E-state index in [2.05, 4.69) is 24.3 Å². The van der Waals surface area contributed by atoms with Crippen molar-refractivity contribution in [3.63, 3.8) is 0 Å². The maximum Gasteiger partial charge on any atom is 0.245 e. The lowest BCUT2D eigenvalue weighted by Gasteiger charge is -2.31. The Labute approximate surface area is 160 Å². The molecule has 2 fully saturated rings. The van der Waals surface area contributed by atoms with Gasteiger partial charge in [-0.25, -0.2) is 0 Å². The normalized spacial score (nSPS) is 27.5. The van der Waals surface area contributed by atoms with Crippen LogP contribution in [0.1, 0.15) is 49.7 Å². The molecule has 0 radical (unpaired) electrons. The Kier molecular flexibility index (Phi) is 5.28. The zero-order valence-corrected chi connectivity index (χ0v) is 15.8. The molecule has 1 aromatic carbocycles. The fourth-order valence-electron chi connectivity index (χ4n) is 5.03. The Morgan fingerprint density at radius 2 is 1.74 bits per heavy atom. The lowest BCUT2D eigenvalue weighted by atomic mass is 9.82. The summed E-state index contributed by atoms with van der Waals surface area (Å²) in [4.78, 5) is 40.7. The molecule has 2 saturated heterocycles. The zero-order valence-electron chi connectivity index (χ0n) is 15.8. The van der Waals surface area contributed by atoms with Gasteiger partial charge in [-0.1, -0.05) is 24.3 Å². The van der Waals surface area contributed by atoms with Gasteiger partial charge in [0.2, 0.25) is 11.8 Å². The van der Waals surface area contributed by atoms with Gasteiger partial charge in [0.25, 0.3) is 0 Å². The van der Waals surface area contributed by atoms with Gasteiger partial charge in [-0.05, 0) is 62.0 Å². The summed E-state index contributed by atoms with van der Waals surface area (Å²) in [6.07, 6.45) is 7.64. The van der Waals surface area contributed by atoms with E-state index in [9.17, 15) is 14.4 Å². The third-order valence-corrected chi connectivity index (χ3v) is 6.51. The van der Waals surface area contributed by atoms with Crippen LogP contribution in [0, 0.1) is 5.92 Å². The zero-order chi connectivity index (χ0) is 18.8. The molecule has 0 spiro atoms. The first-order valence-corrected chi connectivity index (χ1v) is 10.3. The van der Waals surface area contributed by atoms with Gasteiger partial charge in [0, 0.05) is 19.5 Å². The first-order valence-electron chi connectivity index (χ1n) is 10.3. The number of amides is 2. The number of aldehydes is 1. The largest absolute Gasteiger partial charge is 0.331 e. The van der Waals surface area contributed by atoms with Gasteiger partial charge < -0.3 is 14.6 Å². The number of fused-ring (bicyclic) bond motifs is 1. The molecule has 5 heteroatoms. The van der Waals surface area contributed by atoms with Crippen LogP contribution in [-0.2, 0) is 27.2 Å². The molecule has 27 heavy (non-hydrogen) atoms. The predicted molar refractivity (Wildman–Crippen MR) is 102 cm³/mol. The van der Waals surface area contributed by atoms with Crippen molar-refractivity contribution in [1.82, 2.24) is 9.80 Å². The number of hydrogen-bond donors (Lipinski definition) is 0. The Morgan fingerprint density at radius 1 is 1.00 bits per heavy atom. The number of hydrogen-bond acceptors (Lipinski definition) is 3. The van der Waals surface area contributed by atoms with Gasteiger partial charge in [-0.3, -0.25) is 9.59 Å². The van der Waals surface area contributed by atoms with Crippen LogP contribution >= 0.6 is 0 Å². The SMILES string of the molecule is O=C[C@@H]1CCCN1C(=O)[C@@H]1CCCN1C(=O)C[C@H]1CCc2ccccc2C1. The molecule has 0 bridgehead atoms. The summed E-state index contributed by atoms with van der Waals surface area (Å²) in [6, 6.07) is 7.83. The summed E-state index contributed by atoms with van der Waals surface area (Å²) in [5, 5.41) is 0. The van der Waals surface area contributed by atoms with Crippen LogP contribution in [0.15, 0.2) is 24.3 Å². The first-order chi connectivity index (χ1) is 13.2. The Bertz CT molecular complexity index is 732. The number of benzene rings is 1. The molecule has 0 N–H and O–H groups in total. The summed E-state index contributed by atoms with van der Waals surface area (Å²) < 4.78 is 0. The van der Waals surface area contributed by atoms with Crippen LogP contribution < -0.4 is 0 Å². The topological polar surface area (TPSA) is 57.7 Å². The van der Waals surface area contributed by atoms with Gasteiger partial charge in [0.1, 0.15) is 12.3 Å². The first kappa shape index (κ1) is 18.2. The molecule has 0 unspecified atom stereocenters. The van der Waals surface area contributed by atoms with Crippen molar-refractivity contribution in [2.24, 2.45) is 5.92 Å². The molecule has 1 aromatic rings. The fourth-order valence-corrected chi connectivity index (χ4v) is 5.03. The molecule has 3 atom stereocenters. The van der Waals surface area contributed by atoms with E-state index in [1.54, 1.807) is 9.80 Å². The highest BCUT2D eigenvalue weighted by Crippen LogP contribution is 2.30. The van der Waals surface area contributed by atoms with Crippen LogP contribution in [-0.4, -0.2) is 53.1 Å². The third-order valence-electron chi connectivity index (χ3n) is 6.51. The van der Waals surface area contributed by atoms with E-state index >= 15 is 0 Å². The Hall–Kier alpha value is -2.17. The summed E-state index contributed by atoms with van der Waals surface area (Å²) in [5.41, 5.74) is 2.77. The molecule has 0 saturated carbocycles. The van der Waals surface area contributed by atoms with Crippen molar-refractivity contribution in [2.45, 2.75) is 63.5 Å². The van der Waals surface area contributed by atoms with E-state index in [0.717, 1.165) is 51.2 Å². The molecule has 3 aliphatic rings.